The second-order valence-electron chi connectivity index (χ2n) is 9.50. The number of anilines is 1. The maximum absolute atomic E-state index is 14.0. The molecule has 2 N–H and O–H groups in total. The first-order valence-electron chi connectivity index (χ1n) is 13.1. The predicted molar refractivity (Wildman–Crippen MR) is 148 cm³/mol. The van der Waals surface area contributed by atoms with Gasteiger partial charge in [-0.25, -0.2) is 8.42 Å². The van der Waals surface area contributed by atoms with E-state index in [9.17, 15) is 13.2 Å². The number of pyridine rings is 1. The molecule has 1 aliphatic heterocycles. The van der Waals surface area contributed by atoms with E-state index in [0.29, 0.717) is 47.6 Å². The van der Waals surface area contributed by atoms with Crippen LogP contribution in [0.3, 0.4) is 0 Å². The van der Waals surface area contributed by atoms with E-state index in [1.54, 1.807) is 42.5 Å². The van der Waals surface area contributed by atoms with Gasteiger partial charge in [-0.15, -0.1) is 0 Å². The Hall–Kier alpha value is -3.21. The summed E-state index contributed by atoms with van der Waals surface area (Å²) < 4.78 is 33.7. The number of amides is 1. The van der Waals surface area contributed by atoms with Crippen LogP contribution in [0.1, 0.15) is 36.5 Å². The van der Waals surface area contributed by atoms with Crippen LogP contribution < -0.4 is 15.0 Å². The van der Waals surface area contributed by atoms with Gasteiger partial charge in [-0.2, -0.15) is 0 Å². The zero-order valence-electron chi connectivity index (χ0n) is 22.0. The van der Waals surface area contributed by atoms with Gasteiger partial charge in [-0.3, -0.25) is 9.78 Å². The number of aliphatic hydroxyl groups excluding tert-OH is 1. The Morgan fingerprint density at radius 2 is 1.89 bits per heavy atom. The van der Waals surface area contributed by atoms with Gasteiger partial charge in [0.1, 0.15) is 10.6 Å². The van der Waals surface area contributed by atoms with E-state index in [0.717, 1.165) is 32.4 Å². The second kappa shape index (κ2) is 12.6. The number of aromatic nitrogens is 1. The first-order valence-corrected chi connectivity index (χ1v) is 14.6. The van der Waals surface area contributed by atoms with Crippen molar-refractivity contribution in [2.24, 2.45) is 0 Å². The molecule has 0 radical (unpaired) electrons. The number of sulfone groups is 1. The number of unbranched alkanes of at least 4 members (excludes halogenated alkanes) is 1. The fraction of sp³-hybridized carbons (Fsp3) is 0.429. The van der Waals surface area contributed by atoms with Crippen LogP contribution in [0.4, 0.5) is 5.69 Å². The van der Waals surface area contributed by atoms with Gasteiger partial charge in [-0.05, 0) is 68.9 Å². The number of benzene rings is 2. The van der Waals surface area contributed by atoms with Crippen LogP contribution in [-0.4, -0.2) is 82.3 Å². The summed E-state index contributed by atoms with van der Waals surface area (Å²) in [5, 5.41) is 12.4. The quantitative estimate of drug-likeness (QED) is 0.378. The number of fused-ring (bicyclic) bond motifs is 1. The van der Waals surface area contributed by atoms with Crippen LogP contribution in [0.15, 0.2) is 58.5 Å². The standard InChI is InChI=1S/C28H36N4O5S/c1-3-4-18-37-22-7-9-23(10-8-22)38(35,36)26-20-30-25-11-6-21(28(34)29-12-17-33)19-24(25)27(26)32-14-5-13-31(2)15-16-32/h6-11,19-20,33H,3-5,12-18H2,1-2H3,(H,29,34). The molecule has 0 atom stereocenters. The van der Waals surface area contributed by atoms with E-state index in [2.05, 4.69) is 34.1 Å². The van der Waals surface area contributed by atoms with Gasteiger partial charge in [0.05, 0.1) is 29.3 Å². The molecule has 0 saturated carbocycles. The highest BCUT2D eigenvalue weighted by Crippen LogP contribution is 2.37. The van der Waals surface area contributed by atoms with Crippen molar-refractivity contribution in [3.63, 3.8) is 0 Å². The fourth-order valence-electron chi connectivity index (χ4n) is 4.54. The molecule has 1 amide bonds. The van der Waals surface area contributed by atoms with E-state index >= 15 is 0 Å². The smallest absolute Gasteiger partial charge is 0.251 e. The molecule has 0 unspecified atom stereocenters. The Kier molecular flexibility index (Phi) is 9.19. The van der Waals surface area contributed by atoms with Crippen LogP contribution in [0.25, 0.3) is 10.9 Å². The summed E-state index contributed by atoms with van der Waals surface area (Å²) in [5.74, 6) is 0.290. The van der Waals surface area contributed by atoms with E-state index in [-0.39, 0.29) is 28.8 Å². The van der Waals surface area contributed by atoms with Gasteiger partial charge in [0.2, 0.25) is 9.84 Å². The number of aliphatic hydroxyl groups is 1. The number of carbonyl (C=O) groups excluding carboxylic acids is 1. The van der Waals surface area contributed by atoms with Gasteiger partial charge >= 0.3 is 0 Å². The van der Waals surface area contributed by atoms with Crippen LogP contribution in [0, 0.1) is 0 Å². The minimum absolute atomic E-state index is 0.113. The predicted octanol–water partition coefficient (Wildman–Crippen LogP) is 3.11. The van der Waals surface area contributed by atoms with Gasteiger partial charge in [0.25, 0.3) is 5.91 Å². The molecule has 2 heterocycles. The Bertz CT molecular complexity index is 1360. The van der Waals surface area contributed by atoms with Crippen molar-refractivity contribution in [2.75, 3.05) is 57.9 Å². The van der Waals surface area contributed by atoms with Gasteiger partial charge < -0.3 is 25.0 Å². The highest BCUT2D eigenvalue weighted by Gasteiger charge is 2.28. The van der Waals surface area contributed by atoms with Crippen molar-refractivity contribution in [1.29, 1.82) is 0 Å². The van der Waals surface area contributed by atoms with Crippen molar-refractivity contribution in [2.45, 2.75) is 36.0 Å². The monoisotopic (exact) mass is 540 g/mol. The average Bonchev–Trinajstić information content (AvgIpc) is 3.15. The molecule has 3 aromatic rings. The Labute approximate surface area is 224 Å². The average molecular weight is 541 g/mol. The Morgan fingerprint density at radius 1 is 1.11 bits per heavy atom. The molecule has 0 bridgehead atoms. The van der Waals surface area contributed by atoms with Crippen LogP contribution in [0.2, 0.25) is 0 Å². The van der Waals surface area contributed by atoms with E-state index in [1.165, 1.54) is 6.20 Å². The van der Waals surface area contributed by atoms with Crippen molar-refractivity contribution < 1.29 is 23.1 Å². The third-order valence-corrected chi connectivity index (χ3v) is 8.46. The molecular weight excluding hydrogens is 504 g/mol. The lowest BCUT2D eigenvalue weighted by Crippen LogP contribution is -2.30. The number of carbonyl (C=O) groups is 1. The normalized spacial score (nSPS) is 14.9. The maximum atomic E-state index is 14.0. The topological polar surface area (TPSA) is 112 Å². The molecule has 9 nitrogen and oxygen atoms in total. The molecule has 1 aliphatic rings. The lowest BCUT2D eigenvalue weighted by atomic mass is 10.1. The van der Waals surface area contributed by atoms with Crippen molar-refractivity contribution in [3.8, 4) is 5.75 Å². The van der Waals surface area contributed by atoms with Gasteiger partial charge in [0.15, 0.2) is 0 Å². The number of hydrogen-bond donors (Lipinski definition) is 2. The van der Waals surface area contributed by atoms with Crippen molar-refractivity contribution in [1.82, 2.24) is 15.2 Å². The minimum Gasteiger partial charge on any atom is -0.494 e. The summed E-state index contributed by atoms with van der Waals surface area (Å²) in [4.78, 5) is 21.7. The second-order valence-corrected chi connectivity index (χ2v) is 11.4. The van der Waals surface area contributed by atoms with Crippen LogP contribution in [-0.2, 0) is 9.84 Å². The lowest BCUT2D eigenvalue weighted by molar-refractivity contribution is 0.0945. The molecule has 38 heavy (non-hydrogen) atoms. The third kappa shape index (κ3) is 6.25. The first kappa shape index (κ1) is 27.8. The number of ether oxygens (including phenoxy) is 1. The molecular formula is C28H36N4O5S. The largest absolute Gasteiger partial charge is 0.494 e. The molecule has 1 saturated heterocycles. The van der Waals surface area contributed by atoms with Gasteiger partial charge in [0, 0.05) is 43.3 Å². The summed E-state index contributed by atoms with van der Waals surface area (Å²) in [7, 11) is -1.88. The number of rotatable bonds is 10. The number of nitrogens with zero attached hydrogens (tertiary/aromatic N) is 3. The zero-order valence-corrected chi connectivity index (χ0v) is 22.8. The molecule has 2 aromatic carbocycles. The van der Waals surface area contributed by atoms with Gasteiger partial charge in [-0.1, -0.05) is 13.3 Å². The zero-order chi connectivity index (χ0) is 27.1. The summed E-state index contributed by atoms with van der Waals surface area (Å²) in [6.07, 6.45) is 4.25. The molecule has 10 heteroatoms. The highest BCUT2D eigenvalue weighted by atomic mass is 32.2. The van der Waals surface area contributed by atoms with Crippen LogP contribution in [0.5, 0.6) is 5.75 Å². The first-order chi connectivity index (χ1) is 18.3. The molecule has 1 aromatic heterocycles. The van der Waals surface area contributed by atoms with Crippen LogP contribution >= 0.6 is 0 Å². The van der Waals surface area contributed by atoms with E-state index in [1.807, 2.05) is 0 Å². The highest BCUT2D eigenvalue weighted by molar-refractivity contribution is 7.91. The van der Waals surface area contributed by atoms with E-state index < -0.39 is 9.84 Å². The number of nitrogens with one attached hydrogen (secondary N) is 1. The maximum Gasteiger partial charge on any atom is 0.251 e. The SMILES string of the molecule is CCCCOc1ccc(S(=O)(=O)c2cnc3ccc(C(=O)NCCO)cc3c2N2CCCN(C)CC2)cc1. The number of likely N-dealkylation sites (N-methyl/N-ethyl adjacent to an activating group) is 1. The van der Waals surface area contributed by atoms with E-state index in [4.69, 9.17) is 9.84 Å². The summed E-state index contributed by atoms with van der Waals surface area (Å²) in [5.41, 5.74) is 1.55. The lowest BCUT2D eigenvalue weighted by Gasteiger charge is -2.27. The van der Waals surface area contributed by atoms with Crippen molar-refractivity contribution >= 4 is 32.3 Å². The molecule has 4 rings (SSSR count). The third-order valence-electron chi connectivity index (χ3n) is 6.69. The Morgan fingerprint density at radius 3 is 2.63 bits per heavy atom. The molecule has 0 aliphatic carbocycles. The number of hydrogen-bond acceptors (Lipinski definition) is 8. The molecule has 1 fully saturated rings. The van der Waals surface area contributed by atoms with Crippen molar-refractivity contribution in [3.05, 3.63) is 54.2 Å². The molecule has 204 valence electrons. The summed E-state index contributed by atoms with van der Waals surface area (Å²) >= 11 is 0. The molecule has 0 spiro atoms. The fourth-order valence-corrected chi connectivity index (χ4v) is 5.98. The summed E-state index contributed by atoms with van der Waals surface area (Å²) in [6, 6.07) is 11.6. The Balaban J connectivity index is 1.81. The summed E-state index contributed by atoms with van der Waals surface area (Å²) in [6.45, 7) is 5.64. The minimum atomic E-state index is -3.93.